The molecule has 0 aromatic heterocycles. The van der Waals surface area contributed by atoms with Crippen molar-refractivity contribution in [3.05, 3.63) is 23.8 Å². The van der Waals surface area contributed by atoms with Crippen LogP contribution in [0.25, 0.3) is 0 Å². The van der Waals surface area contributed by atoms with E-state index in [4.69, 9.17) is 9.47 Å². The molecule has 0 fully saturated rings. The van der Waals surface area contributed by atoms with Gasteiger partial charge in [-0.3, -0.25) is 0 Å². The summed E-state index contributed by atoms with van der Waals surface area (Å²) in [5.74, 6) is 1.60. The van der Waals surface area contributed by atoms with Crippen molar-refractivity contribution in [3.63, 3.8) is 0 Å². The van der Waals surface area contributed by atoms with E-state index in [1.54, 1.807) is 0 Å². The first kappa shape index (κ1) is 15.1. The standard InChI is InChI=1S/C15H23NO4/c1-11(16-15(2,8-17)9-18)3-4-12-5-6-13-14(7-12)20-10-19-13/h5-7,11,16-18H,3-4,8-10H2,1-2H3. The topological polar surface area (TPSA) is 71.0 Å². The molecule has 0 spiro atoms. The molecule has 2 rings (SSSR count). The normalized spacial score (nSPS) is 15.4. The number of ether oxygens (including phenoxy) is 2. The molecular weight excluding hydrogens is 258 g/mol. The number of aryl methyl sites for hydroxylation is 1. The Morgan fingerprint density at radius 2 is 1.95 bits per heavy atom. The van der Waals surface area contributed by atoms with Crippen LogP contribution in [0.4, 0.5) is 0 Å². The smallest absolute Gasteiger partial charge is 0.231 e. The Hall–Kier alpha value is -1.30. The molecule has 0 amide bonds. The van der Waals surface area contributed by atoms with E-state index in [0.717, 1.165) is 24.3 Å². The maximum absolute atomic E-state index is 9.27. The number of hydrogen-bond acceptors (Lipinski definition) is 5. The minimum absolute atomic E-state index is 0.0855. The van der Waals surface area contributed by atoms with Crippen molar-refractivity contribution in [3.8, 4) is 11.5 Å². The van der Waals surface area contributed by atoms with Crippen LogP contribution in [0.3, 0.4) is 0 Å². The van der Waals surface area contributed by atoms with Gasteiger partial charge in [-0.15, -0.1) is 0 Å². The number of fused-ring (bicyclic) bond motifs is 1. The van der Waals surface area contributed by atoms with Crippen LogP contribution in [0.5, 0.6) is 11.5 Å². The molecule has 1 aromatic carbocycles. The number of hydrogen-bond donors (Lipinski definition) is 3. The molecule has 1 aliphatic heterocycles. The second kappa shape index (κ2) is 6.43. The first-order valence-electron chi connectivity index (χ1n) is 6.94. The van der Waals surface area contributed by atoms with E-state index in [9.17, 15) is 10.2 Å². The molecule has 1 aromatic rings. The third kappa shape index (κ3) is 3.62. The Labute approximate surface area is 119 Å². The molecule has 3 N–H and O–H groups in total. The lowest BCUT2D eigenvalue weighted by Gasteiger charge is -2.30. The summed E-state index contributed by atoms with van der Waals surface area (Å²) in [7, 11) is 0. The third-order valence-corrected chi connectivity index (χ3v) is 3.60. The lowest BCUT2D eigenvalue weighted by Crippen LogP contribution is -2.52. The summed E-state index contributed by atoms with van der Waals surface area (Å²) in [6, 6.07) is 6.18. The lowest BCUT2D eigenvalue weighted by atomic mass is 10.0. The molecule has 1 heterocycles. The molecule has 0 aliphatic carbocycles. The molecule has 1 unspecified atom stereocenters. The van der Waals surface area contributed by atoms with Gasteiger partial charge in [0.15, 0.2) is 11.5 Å². The van der Waals surface area contributed by atoms with E-state index in [1.165, 1.54) is 5.56 Å². The number of benzene rings is 1. The largest absolute Gasteiger partial charge is 0.454 e. The van der Waals surface area contributed by atoms with E-state index < -0.39 is 5.54 Å². The van der Waals surface area contributed by atoms with Crippen molar-refractivity contribution < 1.29 is 19.7 Å². The minimum atomic E-state index is -0.631. The SMILES string of the molecule is CC(CCc1ccc2c(c1)OCO2)NC(C)(CO)CO. The molecule has 0 saturated carbocycles. The molecular formula is C15H23NO4. The highest BCUT2D eigenvalue weighted by atomic mass is 16.7. The van der Waals surface area contributed by atoms with Gasteiger partial charge in [-0.25, -0.2) is 0 Å². The van der Waals surface area contributed by atoms with Crippen LogP contribution in [0.1, 0.15) is 25.8 Å². The zero-order valence-electron chi connectivity index (χ0n) is 12.1. The van der Waals surface area contributed by atoms with Crippen LogP contribution in [-0.4, -0.2) is 41.8 Å². The van der Waals surface area contributed by atoms with Crippen molar-refractivity contribution >= 4 is 0 Å². The highest BCUT2D eigenvalue weighted by Gasteiger charge is 2.23. The minimum Gasteiger partial charge on any atom is -0.454 e. The number of aliphatic hydroxyl groups is 2. The second-order valence-corrected chi connectivity index (χ2v) is 5.65. The number of nitrogens with one attached hydrogen (secondary N) is 1. The monoisotopic (exact) mass is 281 g/mol. The van der Waals surface area contributed by atoms with Crippen LogP contribution >= 0.6 is 0 Å². The zero-order chi connectivity index (χ0) is 14.6. The van der Waals surface area contributed by atoms with Crippen LogP contribution in [0.2, 0.25) is 0 Å². The average molecular weight is 281 g/mol. The van der Waals surface area contributed by atoms with Gasteiger partial charge < -0.3 is 25.0 Å². The Balaban J connectivity index is 1.86. The maximum atomic E-state index is 9.27. The summed E-state index contributed by atoms with van der Waals surface area (Å²) in [6.07, 6.45) is 1.81. The van der Waals surface area contributed by atoms with Crippen LogP contribution in [-0.2, 0) is 6.42 Å². The highest BCUT2D eigenvalue weighted by molar-refractivity contribution is 5.44. The Morgan fingerprint density at radius 3 is 2.65 bits per heavy atom. The molecule has 1 atom stereocenters. The predicted molar refractivity (Wildman–Crippen MR) is 76.1 cm³/mol. The van der Waals surface area contributed by atoms with Crippen molar-refractivity contribution in [2.75, 3.05) is 20.0 Å². The zero-order valence-corrected chi connectivity index (χ0v) is 12.1. The van der Waals surface area contributed by atoms with Crippen molar-refractivity contribution in [1.82, 2.24) is 5.32 Å². The van der Waals surface area contributed by atoms with Gasteiger partial charge in [0, 0.05) is 6.04 Å². The Morgan fingerprint density at radius 1 is 1.25 bits per heavy atom. The lowest BCUT2D eigenvalue weighted by molar-refractivity contribution is 0.0947. The fraction of sp³-hybridized carbons (Fsp3) is 0.600. The molecule has 1 aliphatic rings. The first-order chi connectivity index (χ1) is 9.56. The van der Waals surface area contributed by atoms with Crippen molar-refractivity contribution in [2.24, 2.45) is 0 Å². The summed E-state index contributed by atoms with van der Waals surface area (Å²) < 4.78 is 10.6. The van der Waals surface area contributed by atoms with Gasteiger partial charge in [-0.1, -0.05) is 6.07 Å². The predicted octanol–water partition coefficient (Wildman–Crippen LogP) is 1.07. The van der Waals surface area contributed by atoms with E-state index in [0.29, 0.717) is 6.79 Å². The van der Waals surface area contributed by atoms with E-state index >= 15 is 0 Å². The van der Waals surface area contributed by atoms with Crippen molar-refractivity contribution in [1.29, 1.82) is 0 Å². The summed E-state index contributed by atoms with van der Waals surface area (Å²) in [4.78, 5) is 0. The fourth-order valence-corrected chi connectivity index (χ4v) is 2.29. The van der Waals surface area contributed by atoms with Gasteiger partial charge in [0.2, 0.25) is 6.79 Å². The Bertz CT molecular complexity index is 445. The van der Waals surface area contributed by atoms with Gasteiger partial charge in [0.05, 0.1) is 18.8 Å². The van der Waals surface area contributed by atoms with Gasteiger partial charge in [0.25, 0.3) is 0 Å². The van der Waals surface area contributed by atoms with Crippen LogP contribution < -0.4 is 14.8 Å². The van der Waals surface area contributed by atoms with E-state index in [1.807, 2.05) is 25.1 Å². The second-order valence-electron chi connectivity index (χ2n) is 5.65. The summed E-state index contributed by atoms with van der Waals surface area (Å²) in [5, 5.41) is 21.8. The van der Waals surface area contributed by atoms with Crippen LogP contribution in [0, 0.1) is 0 Å². The molecule has 0 saturated heterocycles. The highest BCUT2D eigenvalue weighted by Crippen LogP contribution is 2.32. The molecule has 0 bridgehead atoms. The molecule has 112 valence electrons. The third-order valence-electron chi connectivity index (χ3n) is 3.60. The number of aliphatic hydroxyl groups excluding tert-OH is 2. The Kier molecular flexibility index (Phi) is 4.86. The quantitative estimate of drug-likeness (QED) is 0.697. The summed E-state index contributed by atoms with van der Waals surface area (Å²) in [5.41, 5.74) is 0.562. The molecule has 0 radical (unpaired) electrons. The fourth-order valence-electron chi connectivity index (χ4n) is 2.29. The van der Waals surface area contributed by atoms with Gasteiger partial charge in [0.1, 0.15) is 0 Å². The maximum Gasteiger partial charge on any atom is 0.231 e. The van der Waals surface area contributed by atoms with Gasteiger partial charge in [-0.2, -0.15) is 0 Å². The summed E-state index contributed by atoms with van der Waals surface area (Å²) >= 11 is 0. The summed E-state index contributed by atoms with van der Waals surface area (Å²) in [6.45, 7) is 3.98. The first-order valence-corrected chi connectivity index (χ1v) is 6.94. The van der Waals surface area contributed by atoms with Gasteiger partial charge >= 0.3 is 0 Å². The van der Waals surface area contributed by atoms with Crippen molar-refractivity contribution in [2.45, 2.75) is 38.3 Å². The van der Waals surface area contributed by atoms with Crippen LogP contribution in [0.15, 0.2) is 18.2 Å². The van der Waals surface area contributed by atoms with E-state index in [-0.39, 0.29) is 19.3 Å². The van der Waals surface area contributed by atoms with E-state index in [2.05, 4.69) is 12.2 Å². The molecule has 5 heteroatoms. The number of rotatable bonds is 7. The molecule has 20 heavy (non-hydrogen) atoms. The average Bonchev–Trinajstić information content (AvgIpc) is 2.92. The van der Waals surface area contributed by atoms with Gasteiger partial charge in [-0.05, 0) is 44.4 Å². The molecule has 5 nitrogen and oxygen atoms in total.